The van der Waals surface area contributed by atoms with E-state index in [9.17, 15) is 13.2 Å². The zero-order valence-corrected chi connectivity index (χ0v) is 15.7. The summed E-state index contributed by atoms with van der Waals surface area (Å²) in [5.74, 6) is 0.582. The van der Waals surface area contributed by atoms with Gasteiger partial charge in [-0.15, -0.1) is 0 Å². The summed E-state index contributed by atoms with van der Waals surface area (Å²) in [6.45, 7) is 4.65. The lowest BCUT2D eigenvalue weighted by atomic mass is 10.0. The van der Waals surface area contributed by atoms with Crippen LogP contribution in [0.5, 0.6) is 0 Å². The number of carbonyl (C=O) groups is 1. The summed E-state index contributed by atoms with van der Waals surface area (Å²) in [7, 11) is -2.81. The molecule has 25 heavy (non-hydrogen) atoms. The van der Waals surface area contributed by atoms with Gasteiger partial charge in [0.05, 0.1) is 11.5 Å². The minimum absolute atomic E-state index is 0.0480. The van der Waals surface area contributed by atoms with Crippen molar-refractivity contribution in [2.45, 2.75) is 57.7 Å². The van der Waals surface area contributed by atoms with Gasteiger partial charge in [0.25, 0.3) is 5.91 Å². The highest BCUT2D eigenvalue weighted by atomic mass is 32.2. The molecule has 1 N–H and O–H groups in total. The molecule has 3 heterocycles. The van der Waals surface area contributed by atoms with Gasteiger partial charge in [0.15, 0.2) is 0 Å². The Bertz CT molecular complexity index is 679. The fraction of sp³-hybridized carbons (Fsp3) is 0.765. The molecule has 0 unspecified atom stereocenters. The zero-order valence-electron chi connectivity index (χ0n) is 14.9. The predicted octanol–water partition coefficient (Wildman–Crippen LogP) is 1.06. The summed E-state index contributed by atoms with van der Waals surface area (Å²) in [4.78, 5) is 14.9. The molecule has 0 aliphatic carbocycles. The van der Waals surface area contributed by atoms with E-state index in [1.165, 1.54) is 0 Å². The van der Waals surface area contributed by atoms with Crippen molar-refractivity contribution in [2.24, 2.45) is 0 Å². The average molecular weight is 369 g/mol. The summed E-state index contributed by atoms with van der Waals surface area (Å²) in [5, 5.41) is 7.34. The average Bonchev–Trinajstić information content (AvgIpc) is 3.05. The first kappa shape index (κ1) is 18.4. The molecule has 140 valence electrons. The van der Waals surface area contributed by atoms with Gasteiger partial charge < -0.3 is 10.2 Å². The van der Waals surface area contributed by atoms with Crippen LogP contribution in [0.3, 0.4) is 0 Å². The number of hydrogen-bond donors (Lipinski definition) is 1. The first-order valence-corrected chi connectivity index (χ1v) is 11.1. The van der Waals surface area contributed by atoms with Crippen LogP contribution in [0.4, 0.5) is 0 Å². The summed E-state index contributed by atoms with van der Waals surface area (Å²) in [6, 6.07) is 2.33. The molecule has 0 saturated carbocycles. The molecule has 1 amide bonds. The zero-order chi connectivity index (χ0) is 17.9. The highest BCUT2D eigenvalue weighted by Gasteiger charge is 2.31. The normalized spacial score (nSPS) is 22.8. The van der Waals surface area contributed by atoms with E-state index < -0.39 is 9.84 Å². The van der Waals surface area contributed by atoms with E-state index in [1.54, 1.807) is 16.9 Å². The van der Waals surface area contributed by atoms with Crippen molar-refractivity contribution in [1.29, 1.82) is 0 Å². The maximum absolute atomic E-state index is 12.5. The molecule has 2 aliphatic heterocycles. The fourth-order valence-corrected chi connectivity index (χ4v) is 5.29. The minimum atomic E-state index is -2.81. The van der Waals surface area contributed by atoms with Gasteiger partial charge in [-0.05, 0) is 38.2 Å². The molecule has 2 saturated heterocycles. The van der Waals surface area contributed by atoms with Crippen LogP contribution in [0.1, 0.15) is 49.5 Å². The second-order valence-corrected chi connectivity index (χ2v) is 9.41. The molecule has 0 atom stereocenters. The van der Waals surface area contributed by atoms with Crippen molar-refractivity contribution in [2.75, 3.05) is 24.6 Å². The predicted molar refractivity (Wildman–Crippen MR) is 96.3 cm³/mol. The quantitative estimate of drug-likeness (QED) is 0.840. The third-order valence-electron chi connectivity index (χ3n) is 5.29. The van der Waals surface area contributed by atoms with Crippen LogP contribution in [0, 0.1) is 0 Å². The van der Waals surface area contributed by atoms with E-state index in [-0.39, 0.29) is 11.9 Å². The fourth-order valence-electron chi connectivity index (χ4n) is 3.83. The van der Waals surface area contributed by atoms with Gasteiger partial charge in [-0.2, -0.15) is 5.10 Å². The van der Waals surface area contributed by atoms with Crippen molar-refractivity contribution in [3.8, 4) is 0 Å². The lowest BCUT2D eigenvalue weighted by Crippen LogP contribution is -2.50. The van der Waals surface area contributed by atoms with Gasteiger partial charge in [-0.3, -0.25) is 9.48 Å². The monoisotopic (exact) mass is 368 g/mol. The van der Waals surface area contributed by atoms with E-state index in [2.05, 4.69) is 22.2 Å². The van der Waals surface area contributed by atoms with E-state index in [1.807, 2.05) is 0 Å². The number of sulfone groups is 1. The first-order valence-electron chi connectivity index (χ1n) is 9.25. The maximum Gasteiger partial charge on any atom is 0.269 e. The van der Waals surface area contributed by atoms with E-state index >= 15 is 0 Å². The van der Waals surface area contributed by atoms with Gasteiger partial charge in [0.2, 0.25) is 0 Å². The van der Waals surface area contributed by atoms with Crippen molar-refractivity contribution in [3.05, 3.63) is 18.0 Å². The molecule has 3 rings (SSSR count). The number of carbonyl (C=O) groups excluding carboxylic acids is 1. The van der Waals surface area contributed by atoms with Gasteiger partial charge in [0.1, 0.15) is 15.5 Å². The molecule has 0 aromatic carbocycles. The Morgan fingerprint density at radius 3 is 2.56 bits per heavy atom. The van der Waals surface area contributed by atoms with Gasteiger partial charge in [-0.1, -0.05) is 6.92 Å². The van der Waals surface area contributed by atoms with Gasteiger partial charge >= 0.3 is 0 Å². The van der Waals surface area contributed by atoms with Gasteiger partial charge in [0, 0.05) is 37.9 Å². The van der Waals surface area contributed by atoms with Crippen molar-refractivity contribution >= 4 is 15.7 Å². The Hall–Kier alpha value is -1.41. The molecule has 7 nitrogen and oxygen atoms in total. The molecular weight excluding hydrogens is 340 g/mol. The second kappa shape index (κ2) is 7.86. The number of aromatic nitrogens is 2. The van der Waals surface area contributed by atoms with Crippen LogP contribution in [0.15, 0.2) is 12.3 Å². The van der Waals surface area contributed by atoms with Crippen LogP contribution in [0.25, 0.3) is 0 Å². The first-order chi connectivity index (χ1) is 12.0. The largest absolute Gasteiger partial charge is 0.348 e. The Labute approximate surface area is 149 Å². The highest BCUT2D eigenvalue weighted by molar-refractivity contribution is 7.91. The smallest absolute Gasteiger partial charge is 0.269 e. The van der Waals surface area contributed by atoms with Gasteiger partial charge in [-0.25, -0.2) is 8.42 Å². The summed E-state index contributed by atoms with van der Waals surface area (Å²) >= 11 is 0. The second-order valence-electron chi connectivity index (χ2n) is 7.11. The third-order valence-corrected chi connectivity index (χ3v) is 7.01. The third kappa shape index (κ3) is 4.61. The number of piperidine rings is 1. The molecule has 0 bridgehead atoms. The number of amides is 1. The standard InChI is InChI=1S/C17H28N4O3S/c1-2-9-21-16(3-8-18-21)17(22)19-14-4-10-20(11-5-14)15-6-12-25(23,24)13-7-15/h3,8,14-15H,2,4-7,9-13H2,1H3,(H,19,22). The van der Waals surface area contributed by atoms with Crippen LogP contribution < -0.4 is 5.32 Å². The number of aryl methyl sites for hydroxylation is 1. The number of rotatable bonds is 5. The Balaban J connectivity index is 1.48. The molecule has 0 radical (unpaired) electrons. The topological polar surface area (TPSA) is 84.3 Å². The number of nitrogens with one attached hydrogen (secondary N) is 1. The van der Waals surface area contributed by atoms with E-state index in [0.717, 1.165) is 51.7 Å². The van der Waals surface area contributed by atoms with Crippen LogP contribution >= 0.6 is 0 Å². The summed E-state index contributed by atoms with van der Waals surface area (Å²) < 4.78 is 24.9. The summed E-state index contributed by atoms with van der Waals surface area (Å²) in [6.07, 6.45) is 5.93. The number of hydrogen-bond acceptors (Lipinski definition) is 5. The number of likely N-dealkylation sites (tertiary alicyclic amines) is 1. The molecule has 0 spiro atoms. The molecule has 1 aromatic rings. The van der Waals surface area contributed by atoms with Crippen LogP contribution in [-0.4, -0.2) is 65.7 Å². The Morgan fingerprint density at radius 1 is 1.24 bits per heavy atom. The molecule has 1 aromatic heterocycles. The molecule has 8 heteroatoms. The van der Waals surface area contributed by atoms with Crippen molar-refractivity contribution < 1.29 is 13.2 Å². The lowest BCUT2D eigenvalue weighted by molar-refractivity contribution is 0.0874. The van der Waals surface area contributed by atoms with Crippen LogP contribution in [-0.2, 0) is 16.4 Å². The lowest BCUT2D eigenvalue weighted by Gasteiger charge is -2.39. The van der Waals surface area contributed by atoms with Crippen LogP contribution in [0.2, 0.25) is 0 Å². The highest BCUT2D eigenvalue weighted by Crippen LogP contribution is 2.22. The Morgan fingerprint density at radius 2 is 1.92 bits per heavy atom. The molecule has 2 aliphatic rings. The maximum atomic E-state index is 12.5. The SMILES string of the molecule is CCCn1nccc1C(=O)NC1CCN(C2CCS(=O)(=O)CC2)CC1. The molecular formula is C17H28N4O3S. The minimum Gasteiger partial charge on any atom is -0.348 e. The Kier molecular flexibility index (Phi) is 5.78. The summed E-state index contributed by atoms with van der Waals surface area (Å²) in [5.41, 5.74) is 0.627. The van der Waals surface area contributed by atoms with Crippen molar-refractivity contribution in [1.82, 2.24) is 20.0 Å². The number of nitrogens with zero attached hydrogens (tertiary/aromatic N) is 3. The van der Waals surface area contributed by atoms with E-state index in [0.29, 0.717) is 23.2 Å². The molecule has 2 fully saturated rings. The van der Waals surface area contributed by atoms with Crippen molar-refractivity contribution in [3.63, 3.8) is 0 Å². The van der Waals surface area contributed by atoms with E-state index in [4.69, 9.17) is 0 Å².